The molecule has 0 saturated carbocycles. The molecule has 0 saturated heterocycles. The van der Waals surface area contributed by atoms with Crippen molar-refractivity contribution in [3.63, 3.8) is 0 Å². The Labute approximate surface area is 157 Å². The molecule has 0 bridgehead atoms. The summed E-state index contributed by atoms with van der Waals surface area (Å²) in [6, 6.07) is 0. The Bertz CT molecular complexity index is 697. The SMILES string of the molecule is CC(C)(C)C(=O)OCSc1ncnc2c1N(C(=O)C(C)(C)C)CN2CO. The Kier molecular flexibility index (Phi) is 5.82. The van der Waals surface area contributed by atoms with Gasteiger partial charge in [-0.3, -0.25) is 14.5 Å². The van der Waals surface area contributed by atoms with Gasteiger partial charge >= 0.3 is 5.97 Å². The third-order valence-electron chi connectivity index (χ3n) is 3.71. The summed E-state index contributed by atoms with van der Waals surface area (Å²) in [5.74, 6) is 0.161. The highest BCUT2D eigenvalue weighted by atomic mass is 32.2. The van der Waals surface area contributed by atoms with Crippen LogP contribution in [0.2, 0.25) is 0 Å². The molecular weight excluding hydrogens is 356 g/mol. The van der Waals surface area contributed by atoms with Gasteiger partial charge in [0.15, 0.2) is 5.82 Å². The smallest absolute Gasteiger partial charge is 0.312 e. The zero-order chi connectivity index (χ0) is 19.7. The molecule has 2 rings (SSSR count). The van der Waals surface area contributed by atoms with Crippen molar-refractivity contribution in [2.75, 3.05) is 29.1 Å². The van der Waals surface area contributed by atoms with Crippen LogP contribution in [-0.2, 0) is 14.3 Å². The van der Waals surface area contributed by atoms with E-state index in [-0.39, 0.29) is 31.2 Å². The van der Waals surface area contributed by atoms with Crippen molar-refractivity contribution in [2.24, 2.45) is 10.8 Å². The Morgan fingerprint density at radius 3 is 2.38 bits per heavy atom. The van der Waals surface area contributed by atoms with E-state index in [2.05, 4.69) is 9.97 Å². The Hall–Kier alpha value is -1.87. The van der Waals surface area contributed by atoms with Crippen molar-refractivity contribution < 1.29 is 19.4 Å². The largest absolute Gasteiger partial charge is 0.454 e. The highest BCUT2D eigenvalue weighted by molar-refractivity contribution is 7.99. The molecule has 0 aromatic carbocycles. The standard InChI is InChI=1S/C17H26N4O4S/c1-16(2,3)14(23)21-8-20(9-22)12-11(21)13(19-7-18-12)26-10-25-15(24)17(4,5)6/h7,22H,8-10H2,1-6H3. The average Bonchev–Trinajstić information content (AvgIpc) is 2.91. The van der Waals surface area contributed by atoms with Gasteiger partial charge in [0.2, 0.25) is 5.91 Å². The second kappa shape index (κ2) is 7.40. The minimum atomic E-state index is -0.598. The molecule has 1 aliphatic rings. The van der Waals surface area contributed by atoms with E-state index < -0.39 is 10.8 Å². The number of aromatic nitrogens is 2. The quantitative estimate of drug-likeness (QED) is 0.366. The number of carbonyl (C=O) groups excluding carboxylic acids is 2. The van der Waals surface area contributed by atoms with Gasteiger partial charge in [0, 0.05) is 5.41 Å². The van der Waals surface area contributed by atoms with Crippen molar-refractivity contribution in [2.45, 2.75) is 46.6 Å². The lowest BCUT2D eigenvalue weighted by Crippen LogP contribution is -2.42. The van der Waals surface area contributed by atoms with Gasteiger partial charge in [-0.15, -0.1) is 0 Å². The van der Waals surface area contributed by atoms with Crippen LogP contribution >= 0.6 is 11.8 Å². The van der Waals surface area contributed by atoms with E-state index in [1.54, 1.807) is 30.6 Å². The number of nitrogens with zero attached hydrogens (tertiary/aromatic N) is 4. The van der Waals surface area contributed by atoms with Crippen molar-refractivity contribution in [1.29, 1.82) is 0 Å². The summed E-state index contributed by atoms with van der Waals surface area (Å²) in [5.41, 5.74) is -0.645. The summed E-state index contributed by atoms with van der Waals surface area (Å²) in [6.45, 7) is 10.8. The number of carbonyl (C=O) groups is 2. The lowest BCUT2D eigenvalue weighted by molar-refractivity contribution is -0.150. The zero-order valence-corrected chi connectivity index (χ0v) is 16.9. The molecule has 1 amide bonds. The van der Waals surface area contributed by atoms with Crippen LogP contribution < -0.4 is 9.80 Å². The number of fused-ring (bicyclic) bond motifs is 1. The third-order valence-corrected chi connectivity index (χ3v) is 4.51. The minimum Gasteiger partial charge on any atom is -0.454 e. The fourth-order valence-electron chi connectivity index (χ4n) is 2.27. The van der Waals surface area contributed by atoms with Crippen LogP contribution in [0.15, 0.2) is 11.4 Å². The fraction of sp³-hybridized carbons (Fsp3) is 0.647. The van der Waals surface area contributed by atoms with Gasteiger partial charge in [0.25, 0.3) is 0 Å². The van der Waals surface area contributed by atoms with Crippen molar-refractivity contribution in [3.05, 3.63) is 6.33 Å². The topological polar surface area (TPSA) is 95.9 Å². The third kappa shape index (κ3) is 4.27. The van der Waals surface area contributed by atoms with Gasteiger partial charge in [-0.05, 0) is 20.8 Å². The van der Waals surface area contributed by atoms with E-state index in [4.69, 9.17) is 4.74 Å². The molecular formula is C17H26N4O4S. The van der Waals surface area contributed by atoms with E-state index >= 15 is 0 Å². The number of aliphatic hydroxyl groups excluding tert-OH is 1. The lowest BCUT2D eigenvalue weighted by Gasteiger charge is -2.26. The van der Waals surface area contributed by atoms with Crippen molar-refractivity contribution >= 4 is 35.1 Å². The second-order valence-electron chi connectivity index (χ2n) is 8.10. The summed E-state index contributed by atoms with van der Waals surface area (Å²) in [4.78, 5) is 36.4. The van der Waals surface area contributed by atoms with E-state index in [0.717, 1.165) is 0 Å². The van der Waals surface area contributed by atoms with Gasteiger partial charge in [-0.1, -0.05) is 32.5 Å². The maximum absolute atomic E-state index is 12.8. The maximum Gasteiger partial charge on any atom is 0.312 e. The van der Waals surface area contributed by atoms with E-state index in [0.29, 0.717) is 16.5 Å². The number of aliphatic hydroxyl groups is 1. The van der Waals surface area contributed by atoms with E-state index in [1.807, 2.05) is 20.8 Å². The van der Waals surface area contributed by atoms with Crippen LogP contribution in [0.25, 0.3) is 0 Å². The molecule has 8 nitrogen and oxygen atoms in total. The number of rotatable bonds is 4. The van der Waals surface area contributed by atoms with Crippen LogP contribution in [0.1, 0.15) is 41.5 Å². The summed E-state index contributed by atoms with van der Waals surface area (Å²) >= 11 is 1.22. The molecule has 1 N–H and O–H groups in total. The molecule has 1 aromatic heterocycles. The molecule has 0 spiro atoms. The number of ether oxygens (including phenoxy) is 1. The zero-order valence-electron chi connectivity index (χ0n) is 16.1. The molecule has 0 atom stereocenters. The monoisotopic (exact) mass is 382 g/mol. The molecule has 144 valence electrons. The first-order chi connectivity index (χ1) is 12.0. The number of hydrogen-bond donors (Lipinski definition) is 1. The number of hydrogen-bond acceptors (Lipinski definition) is 8. The van der Waals surface area contributed by atoms with Crippen molar-refractivity contribution in [3.8, 4) is 0 Å². The van der Waals surface area contributed by atoms with Crippen LogP contribution in [-0.4, -0.2) is 46.3 Å². The molecule has 0 aliphatic carbocycles. The van der Waals surface area contributed by atoms with Crippen LogP contribution in [0.3, 0.4) is 0 Å². The fourth-order valence-corrected chi connectivity index (χ4v) is 3.01. The number of esters is 1. The summed E-state index contributed by atoms with van der Waals surface area (Å²) in [5, 5.41) is 10.1. The predicted octanol–water partition coefficient (Wildman–Crippen LogP) is 2.22. The second-order valence-corrected chi connectivity index (χ2v) is 9.01. The van der Waals surface area contributed by atoms with Crippen molar-refractivity contribution in [1.82, 2.24) is 9.97 Å². The first-order valence-corrected chi connectivity index (χ1v) is 9.28. The Morgan fingerprint density at radius 1 is 1.19 bits per heavy atom. The van der Waals surface area contributed by atoms with Gasteiger partial charge < -0.3 is 14.7 Å². The first kappa shape index (κ1) is 20.4. The molecule has 26 heavy (non-hydrogen) atoms. The lowest BCUT2D eigenvalue weighted by atomic mass is 9.95. The number of amides is 1. The number of thioether (sulfide) groups is 1. The molecule has 0 fully saturated rings. The Morgan fingerprint density at radius 2 is 1.85 bits per heavy atom. The van der Waals surface area contributed by atoms with Crippen LogP contribution in [0.5, 0.6) is 0 Å². The molecule has 0 radical (unpaired) electrons. The van der Waals surface area contributed by atoms with E-state index in [9.17, 15) is 14.7 Å². The summed E-state index contributed by atoms with van der Waals surface area (Å²) < 4.78 is 5.28. The van der Waals surface area contributed by atoms with Gasteiger partial charge in [-0.25, -0.2) is 9.97 Å². The first-order valence-electron chi connectivity index (χ1n) is 8.29. The van der Waals surface area contributed by atoms with Gasteiger partial charge in [-0.2, -0.15) is 0 Å². The molecule has 0 unspecified atom stereocenters. The average molecular weight is 382 g/mol. The van der Waals surface area contributed by atoms with Gasteiger partial charge in [0.05, 0.1) is 5.41 Å². The highest BCUT2D eigenvalue weighted by Gasteiger charge is 2.38. The minimum absolute atomic E-state index is 0.0796. The predicted molar refractivity (Wildman–Crippen MR) is 99.7 cm³/mol. The Balaban J connectivity index is 2.26. The maximum atomic E-state index is 12.8. The molecule has 1 aliphatic heterocycles. The molecule has 9 heteroatoms. The molecule has 2 heterocycles. The summed E-state index contributed by atoms with van der Waals surface area (Å²) in [6.07, 6.45) is 1.38. The van der Waals surface area contributed by atoms with Crippen LogP contribution in [0, 0.1) is 10.8 Å². The number of anilines is 2. The van der Waals surface area contributed by atoms with Gasteiger partial charge in [0.1, 0.15) is 36.4 Å². The van der Waals surface area contributed by atoms with E-state index in [1.165, 1.54) is 18.1 Å². The normalized spacial score (nSPS) is 14.4. The van der Waals surface area contributed by atoms with Crippen LogP contribution in [0.4, 0.5) is 11.5 Å². The highest BCUT2D eigenvalue weighted by Crippen LogP contribution is 2.41. The molecule has 1 aromatic rings. The summed E-state index contributed by atoms with van der Waals surface area (Å²) in [7, 11) is 0.